The average molecular weight is 218 g/mol. The Balaban J connectivity index is 2.65. The summed E-state index contributed by atoms with van der Waals surface area (Å²) in [5.41, 5.74) is 3.66. The molecule has 2 rings (SSSR count). The zero-order valence-corrected chi connectivity index (χ0v) is 9.40. The van der Waals surface area contributed by atoms with Crippen molar-refractivity contribution in [1.29, 1.82) is 0 Å². The second kappa shape index (κ2) is 3.96. The lowest BCUT2D eigenvalue weighted by Crippen LogP contribution is -2.06. The van der Waals surface area contributed by atoms with Crippen molar-refractivity contribution in [2.24, 2.45) is 0 Å². The number of pyridine rings is 1. The third-order valence-corrected chi connectivity index (χ3v) is 2.72. The van der Waals surface area contributed by atoms with Crippen LogP contribution in [-0.2, 0) is 17.6 Å². The van der Waals surface area contributed by atoms with E-state index < -0.39 is 5.97 Å². The summed E-state index contributed by atoms with van der Waals surface area (Å²) < 4.78 is 1.92. The van der Waals surface area contributed by atoms with Crippen molar-refractivity contribution >= 4 is 11.6 Å². The highest BCUT2D eigenvalue weighted by Crippen LogP contribution is 2.15. The molecular formula is C12H14N2O2. The number of hydrogen-bond donors (Lipinski definition) is 1. The van der Waals surface area contributed by atoms with Crippen LogP contribution in [-0.4, -0.2) is 20.5 Å². The van der Waals surface area contributed by atoms with Crippen molar-refractivity contribution in [3.8, 4) is 0 Å². The molecule has 4 heteroatoms. The molecule has 0 bridgehead atoms. The second-order valence-corrected chi connectivity index (χ2v) is 3.78. The van der Waals surface area contributed by atoms with Crippen LogP contribution in [0.1, 0.15) is 24.0 Å². The van der Waals surface area contributed by atoms with E-state index >= 15 is 0 Å². The molecular weight excluding hydrogens is 204 g/mol. The zero-order valence-electron chi connectivity index (χ0n) is 9.40. The molecule has 0 aliphatic heterocycles. The Hall–Kier alpha value is -1.84. The topological polar surface area (TPSA) is 54.6 Å². The summed E-state index contributed by atoms with van der Waals surface area (Å²) in [6.45, 7) is 4.02. The lowest BCUT2D eigenvalue weighted by molar-refractivity contribution is -0.136. The molecule has 0 atom stereocenters. The summed E-state index contributed by atoms with van der Waals surface area (Å²) in [6, 6.07) is 5.58. The number of imidazole rings is 1. The van der Waals surface area contributed by atoms with E-state index in [1.807, 2.05) is 36.4 Å². The van der Waals surface area contributed by atoms with Gasteiger partial charge in [-0.25, -0.2) is 4.98 Å². The molecule has 0 saturated heterocycles. The van der Waals surface area contributed by atoms with E-state index in [0.29, 0.717) is 0 Å². The number of carboxylic acids is 1. The summed E-state index contributed by atoms with van der Waals surface area (Å²) in [4.78, 5) is 15.2. The largest absolute Gasteiger partial charge is 0.481 e. The minimum Gasteiger partial charge on any atom is -0.481 e. The van der Waals surface area contributed by atoms with Gasteiger partial charge in [0.1, 0.15) is 5.65 Å². The number of aliphatic carboxylic acids is 1. The number of rotatable bonds is 3. The van der Waals surface area contributed by atoms with Crippen molar-refractivity contribution in [3.63, 3.8) is 0 Å². The number of aromatic nitrogens is 2. The highest BCUT2D eigenvalue weighted by Gasteiger charge is 2.11. The second-order valence-electron chi connectivity index (χ2n) is 3.78. The smallest absolute Gasteiger partial charge is 0.309 e. The maximum absolute atomic E-state index is 10.8. The highest BCUT2D eigenvalue weighted by atomic mass is 16.4. The number of nitrogens with zero attached hydrogens (tertiary/aromatic N) is 2. The van der Waals surface area contributed by atoms with Crippen molar-refractivity contribution in [2.45, 2.75) is 26.7 Å². The van der Waals surface area contributed by atoms with Gasteiger partial charge in [-0.15, -0.1) is 0 Å². The maximum atomic E-state index is 10.8. The molecule has 0 aliphatic carbocycles. The van der Waals surface area contributed by atoms with Crippen LogP contribution in [0.2, 0.25) is 0 Å². The van der Waals surface area contributed by atoms with E-state index in [9.17, 15) is 4.79 Å². The Kier molecular flexibility index (Phi) is 2.64. The molecule has 1 N–H and O–H groups in total. The fourth-order valence-electron chi connectivity index (χ4n) is 1.99. The lowest BCUT2D eigenvalue weighted by atomic mass is 10.2. The summed E-state index contributed by atoms with van der Waals surface area (Å²) in [7, 11) is 0. The summed E-state index contributed by atoms with van der Waals surface area (Å²) >= 11 is 0. The molecule has 0 amide bonds. The molecule has 0 aromatic carbocycles. The van der Waals surface area contributed by atoms with Crippen LogP contribution in [0.5, 0.6) is 0 Å². The van der Waals surface area contributed by atoms with Gasteiger partial charge in [0.15, 0.2) is 0 Å². The Morgan fingerprint density at radius 3 is 2.88 bits per heavy atom. The van der Waals surface area contributed by atoms with E-state index in [1.54, 1.807) is 0 Å². The molecule has 0 spiro atoms. The van der Waals surface area contributed by atoms with Crippen molar-refractivity contribution in [1.82, 2.24) is 9.38 Å². The Labute approximate surface area is 93.5 Å². The average Bonchev–Trinajstić information content (AvgIpc) is 2.56. The minimum atomic E-state index is -0.821. The van der Waals surface area contributed by atoms with Crippen LogP contribution < -0.4 is 0 Å². The molecule has 0 radical (unpaired) electrons. The number of fused-ring (bicyclic) bond motifs is 1. The zero-order chi connectivity index (χ0) is 11.7. The molecule has 0 unspecified atom stereocenters. The maximum Gasteiger partial charge on any atom is 0.309 e. The lowest BCUT2D eigenvalue weighted by Gasteiger charge is -2.04. The van der Waals surface area contributed by atoms with E-state index in [2.05, 4.69) is 4.98 Å². The van der Waals surface area contributed by atoms with Gasteiger partial charge >= 0.3 is 5.97 Å². The Bertz CT molecular complexity index is 543. The first-order valence-electron chi connectivity index (χ1n) is 5.31. The molecule has 2 heterocycles. The number of carboxylic acid groups (broad SMARTS) is 1. The van der Waals surface area contributed by atoms with Gasteiger partial charge < -0.3 is 9.51 Å². The van der Waals surface area contributed by atoms with Crippen LogP contribution >= 0.6 is 0 Å². The number of hydrogen-bond acceptors (Lipinski definition) is 2. The summed E-state index contributed by atoms with van der Waals surface area (Å²) in [5, 5.41) is 8.85. The molecule has 0 aliphatic rings. The van der Waals surface area contributed by atoms with Crippen molar-refractivity contribution in [2.75, 3.05) is 0 Å². The molecule has 4 nitrogen and oxygen atoms in total. The van der Waals surface area contributed by atoms with Crippen molar-refractivity contribution in [3.05, 3.63) is 35.3 Å². The third kappa shape index (κ3) is 1.66. The predicted octanol–water partition coefficient (Wildman–Crippen LogP) is 1.83. The number of aryl methyl sites for hydroxylation is 2. The van der Waals surface area contributed by atoms with Crippen LogP contribution in [0.4, 0.5) is 0 Å². The normalized spacial score (nSPS) is 10.9. The standard InChI is InChI=1S/C12H14N2O2/c1-3-10-8(2)14-9(7-12(15)16)5-4-6-11(14)13-10/h4-6H,3,7H2,1-2H3,(H,15,16). The Morgan fingerprint density at radius 1 is 1.50 bits per heavy atom. The molecule has 2 aromatic rings. The van der Waals surface area contributed by atoms with Gasteiger partial charge in [-0.05, 0) is 25.5 Å². The van der Waals surface area contributed by atoms with Crippen LogP contribution in [0.25, 0.3) is 5.65 Å². The summed E-state index contributed by atoms with van der Waals surface area (Å²) in [6.07, 6.45) is 0.887. The van der Waals surface area contributed by atoms with Gasteiger partial charge in [0.2, 0.25) is 0 Å². The van der Waals surface area contributed by atoms with Gasteiger partial charge in [-0.1, -0.05) is 13.0 Å². The van der Waals surface area contributed by atoms with Crippen LogP contribution in [0.3, 0.4) is 0 Å². The van der Waals surface area contributed by atoms with Gasteiger partial charge in [-0.2, -0.15) is 0 Å². The molecule has 84 valence electrons. The number of carbonyl (C=O) groups is 1. The quantitative estimate of drug-likeness (QED) is 0.855. The van der Waals surface area contributed by atoms with E-state index in [1.165, 1.54) is 0 Å². The molecule has 2 aromatic heterocycles. The highest BCUT2D eigenvalue weighted by molar-refractivity contribution is 5.70. The fraction of sp³-hybridized carbons (Fsp3) is 0.333. The van der Waals surface area contributed by atoms with Gasteiger partial charge in [-0.3, -0.25) is 4.79 Å². The monoisotopic (exact) mass is 218 g/mol. The van der Waals surface area contributed by atoms with Crippen LogP contribution in [0, 0.1) is 6.92 Å². The predicted molar refractivity (Wildman–Crippen MR) is 60.6 cm³/mol. The third-order valence-electron chi connectivity index (χ3n) is 2.72. The van der Waals surface area contributed by atoms with E-state index in [-0.39, 0.29) is 6.42 Å². The van der Waals surface area contributed by atoms with Crippen molar-refractivity contribution < 1.29 is 9.90 Å². The van der Waals surface area contributed by atoms with E-state index in [0.717, 1.165) is 29.1 Å². The molecule has 0 saturated carbocycles. The first kappa shape index (κ1) is 10.7. The van der Waals surface area contributed by atoms with Gasteiger partial charge in [0, 0.05) is 11.4 Å². The van der Waals surface area contributed by atoms with Crippen LogP contribution in [0.15, 0.2) is 18.2 Å². The first-order valence-corrected chi connectivity index (χ1v) is 5.31. The molecule has 16 heavy (non-hydrogen) atoms. The van der Waals surface area contributed by atoms with Gasteiger partial charge in [0.05, 0.1) is 12.1 Å². The van der Waals surface area contributed by atoms with Gasteiger partial charge in [0.25, 0.3) is 0 Å². The van der Waals surface area contributed by atoms with E-state index in [4.69, 9.17) is 5.11 Å². The first-order chi connectivity index (χ1) is 7.63. The minimum absolute atomic E-state index is 0.0255. The Morgan fingerprint density at radius 2 is 2.25 bits per heavy atom. The SMILES string of the molecule is CCc1nc2cccc(CC(=O)O)n2c1C. The summed E-state index contributed by atoms with van der Waals surface area (Å²) in [5.74, 6) is -0.821. The molecule has 0 fully saturated rings. The fourth-order valence-corrected chi connectivity index (χ4v) is 1.99.